The number of nitrogens with one attached hydrogen (secondary N) is 1. The van der Waals surface area contributed by atoms with Crippen molar-refractivity contribution in [3.63, 3.8) is 0 Å². The van der Waals surface area contributed by atoms with Crippen LogP contribution >= 0.6 is 0 Å². The quantitative estimate of drug-likeness (QED) is 0.493. The van der Waals surface area contributed by atoms with Crippen LogP contribution in [0.2, 0.25) is 0 Å². The number of aromatic nitrogens is 1. The Balaban J connectivity index is 1.65. The zero-order valence-corrected chi connectivity index (χ0v) is 13.3. The summed E-state index contributed by atoms with van der Waals surface area (Å²) in [4.78, 5) is 14.8. The van der Waals surface area contributed by atoms with Gasteiger partial charge in [-0.3, -0.25) is 4.79 Å². The summed E-state index contributed by atoms with van der Waals surface area (Å²) in [7, 11) is 0. The van der Waals surface area contributed by atoms with Crippen LogP contribution in [0.5, 0.6) is 5.75 Å². The number of nitrogens with two attached hydrogens (primary N) is 2. The molecule has 7 nitrogen and oxygen atoms in total. The number of pyridine rings is 1. The number of carbonyl (C=O) groups is 1. The Labute approximate surface area is 140 Å². The first-order valence-corrected chi connectivity index (χ1v) is 7.65. The number of benzene rings is 1. The third kappa shape index (κ3) is 5.86. The van der Waals surface area contributed by atoms with E-state index in [2.05, 4.69) is 10.3 Å². The van der Waals surface area contributed by atoms with Gasteiger partial charge in [0.25, 0.3) is 0 Å². The van der Waals surface area contributed by atoms with Gasteiger partial charge in [-0.05, 0) is 23.8 Å². The van der Waals surface area contributed by atoms with Crippen molar-refractivity contribution in [3.05, 3.63) is 53.7 Å². The van der Waals surface area contributed by atoms with Crippen LogP contribution in [0.1, 0.15) is 17.2 Å². The second-order valence-electron chi connectivity index (χ2n) is 5.37. The molecule has 0 aliphatic carbocycles. The number of nitrogens with zero attached hydrogens (tertiary/aromatic N) is 1. The zero-order valence-electron chi connectivity index (χ0n) is 13.3. The van der Waals surface area contributed by atoms with Crippen LogP contribution in [0.25, 0.3) is 0 Å². The first kappa shape index (κ1) is 17.7. The fourth-order valence-corrected chi connectivity index (χ4v) is 2.12. The molecule has 0 unspecified atom stereocenters. The maximum atomic E-state index is 10.8. The molecule has 7 heteroatoms. The Hall–Kier alpha value is -2.64. The van der Waals surface area contributed by atoms with Crippen molar-refractivity contribution in [1.82, 2.24) is 10.3 Å². The molecule has 0 aliphatic rings. The van der Waals surface area contributed by atoms with Crippen LogP contribution in [-0.4, -0.2) is 35.7 Å². The van der Waals surface area contributed by atoms with Gasteiger partial charge in [-0.15, -0.1) is 0 Å². The number of hydrogen-bond donors (Lipinski definition) is 4. The van der Waals surface area contributed by atoms with Crippen molar-refractivity contribution < 1.29 is 14.6 Å². The zero-order chi connectivity index (χ0) is 17.4. The number of aliphatic hydroxyl groups excluding tert-OH is 1. The third-order valence-corrected chi connectivity index (χ3v) is 3.38. The van der Waals surface area contributed by atoms with Crippen LogP contribution in [0.15, 0.2) is 42.6 Å². The van der Waals surface area contributed by atoms with Crippen molar-refractivity contribution >= 4 is 11.7 Å². The van der Waals surface area contributed by atoms with Gasteiger partial charge in [0.1, 0.15) is 18.2 Å². The summed E-state index contributed by atoms with van der Waals surface area (Å²) < 4.78 is 5.58. The SMILES string of the molecule is NC(=O)Cc1ccc(OCCNC[C@@H](O)c2ccc(N)nc2)cc1. The molecule has 1 aromatic carbocycles. The van der Waals surface area contributed by atoms with Crippen LogP contribution < -0.4 is 21.5 Å². The third-order valence-electron chi connectivity index (χ3n) is 3.38. The highest BCUT2D eigenvalue weighted by Gasteiger charge is 2.07. The highest BCUT2D eigenvalue weighted by molar-refractivity contribution is 5.76. The minimum absolute atomic E-state index is 0.222. The monoisotopic (exact) mass is 330 g/mol. The number of primary amides is 1. The van der Waals surface area contributed by atoms with E-state index in [9.17, 15) is 9.90 Å². The van der Waals surface area contributed by atoms with Crippen LogP contribution in [-0.2, 0) is 11.2 Å². The predicted molar refractivity (Wildman–Crippen MR) is 91.3 cm³/mol. The Bertz CT molecular complexity index is 644. The summed E-state index contributed by atoms with van der Waals surface area (Å²) in [6, 6.07) is 10.6. The fourth-order valence-electron chi connectivity index (χ4n) is 2.12. The summed E-state index contributed by atoms with van der Waals surface area (Å²) >= 11 is 0. The number of hydrogen-bond acceptors (Lipinski definition) is 6. The molecule has 1 aromatic heterocycles. The number of rotatable bonds is 9. The Kier molecular flexibility index (Phi) is 6.53. The molecule has 0 aliphatic heterocycles. The number of anilines is 1. The first-order valence-electron chi connectivity index (χ1n) is 7.65. The molecule has 0 radical (unpaired) electrons. The minimum atomic E-state index is -0.647. The highest BCUT2D eigenvalue weighted by atomic mass is 16.5. The molecule has 0 fully saturated rings. The van der Waals surface area contributed by atoms with Crippen LogP contribution in [0.3, 0.4) is 0 Å². The van der Waals surface area contributed by atoms with Gasteiger partial charge in [0, 0.05) is 24.8 Å². The van der Waals surface area contributed by atoms with Crippen molar-refractivity contribution in [2.75, 3.05) is 25.4 Å². The van der Waals surface area contributed by atoms with Crippen molar-refractivity contribution in [3.8, 4) is 5.75 Å². The highest BCUT2D eigenvalue weighted by Crippen LogP contribution is 2.13. The van der Waals surface area contributed by atoms with Gasteiger partial charge in [0.2, 0.25) is 5.91 Å². The molecule has 24 heavy (non-hydrogen) atoms. The molecule has 2 rings (SSSR count). The van der Waals surface area contributed by atoms with Gasteiger partial charge in [0.05, 0.1) is 12.5 Å². The Morgan fingerprint density at radius 3 is 2.62 bits per heavy atom. The average Bonchev–Trinajstić information content (AvgIpc) is 2.56. The molecule has 1 atom stereocenters. The lowest BCUT2D eigenvalue weighted by molar-refractivity contribution is -0.117. The fraction of sp³-hybridized carbons (Fsp3) is 0.294. The number of amides is 1. The van der Waals surface area contributed by atoms with E-state index < -0.39 is 6.10 Å². The van der Waals surface area contributed by atoms with Gasteiger partial charge in [-0.25, -0.2) is 4.98 Å². The van der Waals surface area contributed by atoms with E-state index in [0.717, 1.165) is 5.56 Å². The molecule has 6 N–H and O–H groups in total. The van der Waals surface area contributed by atoms with E-state index in [1.807, 2.05) is 12.1 Å². The number of ether oxygens (including phenoxy) is 1. The Morgan fingerprint density at radius 1 is 1.25 bits per heavy atom. The summed E-state index contributed by atoms with van der Waals surface area (Å²) in [6.45, 7) is 1.44. The lowest BCUT2D eigenvalue weighted by Crippen LogP contribution is -2.26. The molecule has 1 amide bonds. The first-order chi connectivity index (χ1) is 11.5. The average molecular weight is 330 g/mol. The van der Waals surface area contributed by atoms with Gasteiger partial charge in [-0.1, -0.05) is 18.2 Å². The molecule has 128 valence electrons. The molecule has 2 aromatic rings. The molecule has 0 saturated heterocycles. The van der Waals surface area contributed by atoms with Crippen molar-refractivity contribution in [2.45, 2.75) is 12.5 Å². The molecule has 0 saturated carbocycles. The smallest absolute Gasteiger partial charge is 0.221 e. The largest absolute Gasteiger partial charge is 0.492 e. The van der Waals surface area contributed by atoms with E-state index in [1.165, 1.54) is 0 Å². The van der Waals surface area contributed by atoms with E-state index >= 15 is 0 Å². The summed E-state index contributed by atoms with van der Waals surface area (Å²) in [5.41, 5.74) is 12.2. The normalized spacial score (nSPS) is 11.9. The number of carbonyl (C=O) groups excluding carboxylic acids is 1. The molecular formula is C17H22N4O3. The van der Waals surface area contributed by atoms with Crippen LogP contribution in [0, 0.1) is 0 Å². The molecular weight excluding hydrogens is 308 g/mol. The molecule has 0 bridgehead atoms. The Morgan fingerprint density at radius 2 is 2.00 bits per heavy atom. The van der Waals surface area contributed by atoms with E-state index in [4.69, 9.17) is 16.2 Å². The van der Waals surface area contributed by atoms with Gasteiger partial charge >= 0.3 is 0 Å². The maximum Gasteiger partial charge on any atom is 0.221 e. The molecule has 1 heterocycles. The van der Waals surface area contributed by atoms with Gasteiger partial charge in [0.15, 0.2) is 0 Å². The van der Waals surface area contributed by atoms with Crippen molar-refractivity contribution in [1.29, 1.82) is 0 Å². The second-order valence-corrected chi connectivity index (χ2v) is 5.37. The van der Waals surface area contributed by atoms with E-state index in [0.29, 0.717) is 36.8 Å². The predicted octanol–water partition coefficient (Wildman–Crippen LogP) is 0.394. The summed E-state index contributed by atoms with van der Waals surface area (Å²) in [6.07, 6.45) is 1.14. The van der Waals surface area contributed by atoms with Gasteiger partial charge in [-0.2, -0.15) is 0 Å². The van der Waals surface area contributed by atoms with Crippen LogP contribution in [0.4, 0.5) is 5.82 Å². The standard InChI is InChI=1S/C17H22N4O3/c18-16-6-3-13(10-21-16)15(22)11-20-7-8-24-14-4-1-12(2-5-14)9-17(19)23/h1-6,10,15,20,22H,7-9,11H2,(H2,18,21)(H2,19,23)/t15-/m1/s1. The topological polar surface area (TPSA) is 123 Å². The summed E-state index contributed by atoms with van der Waals surface area (Å²) in [5.74, 6) is 0.783. The van der Waals surface area contributed by atoms with E-state index in [1.54, 1.807) is 30.5 Å². The lowest BCUT2D eigenvalue weighted by Gasteiger charge is -2.12. The minimum Gasteiger partial charge on any atom is -0.492 e. The van der Waals surface area contributed by atoms with E-state index in [-0.39, 0.29) is 12.3 Å². The molecule has 0 spiro atoms. The second kappa shape index (κ2) is 8.85. The van der Waals surface area contributed by atoms with Gasteiger partial charge < -0.3 is 26.6 Å². The summed E-state index contributed by atoms with van der Waals surface area (Å²) in [5, 5.41) is 13.1. The lowest BCUT2D eigenvalue weighted by atomic mass is 10.1. The number of nitrogen functional groups attached to an aromatic ring is 1. The van der Waals surface area contributed by atoms with Crippen molar-refractivity contribution in [2.24, 2.45) is 5.73 Å². The number of aliphatic hydroxyl groups is 1. The maximum absolute atomic E-state index is 10.8.